The van der Waals surface area contributed by atoms with Crippen molar-refractivity contribution < 1.29 is 17.6 Å². The van der Waals surface area contributed by atoms with Gasteiger partial charge in [-0.05, 0) is 30.7 Å². The molecule has 0 fully saturated rings. The second-order valence-electron chi connectivity index (χ2n) is 4.44. The smallest absolute Gasteiger partial charge is 0.324 e. The van der Waals surface area contributed by atoms with Gasteiger partial charge in [0, 0.05) is 17.6 Å². The highest BCUT2D eigenvalue weighted by Gasteiger charge is 2.34. The number of rotatable bonds is 4. The van der Waals surface area contributed by atoms with Crippen molar-refractivity contribution in [3.63, 3.8) is 0 Å². The first-order valence-electron chi connectivity index (χ1n) is 6.36. The van der Waals surface area contributed by atoms with Crippen LogP contribution in [0, 0.1) is 5.82 Å². The van der Waals surface area contributed by atoms with E-state index in [1.807, 2.05) is 6.92 Å². The molecular weight excluding hydrogens is 286 g/mol. The molecule has 0 aliphatic carbocycles. The van der Waals surface area contributed by atoms with Gasteiger partial charge in [0.05, 0.1) is 5.56 Å². The maximum atomic E-state index is 13.2. The van der Waals surface area contributed by atoms with E-state index in [0.29, 0.717) is 6.07 Å². The maximum Gasteiger partial charge on any atom is 0.419 e. The van der Waals surface area contributed by atoms with Gasteiger partial charge in [-0.3, -0.25) is 0 Å². The van der Waals surface area contributed by atoms with Gasteiger partial charge in [0.2, 0.25) is 5.95 Å². The standard InChI is InChI=1S/C14H13F4N3/c1-2-3-9-6-7-19-13(20-9)21-10-4-5-12(15)11(8-10)14(16,17)18/h4-8H,2-3H2,1H3,(H,19,20,21). The first-order valence-corrected chi connectivity index (χ1v) is 6.36. The van der Waals surface area contributed by atoms with Gasteiger partial charge >= 0.3 is 6.18 Å². The Morgan fingerprint density at radius 1 is 1.19 bits per heavy atom. The average Bonchev–Trinajstić information content (AvgIpc) is 2.40. The predicted molar refractivity (Wildman–Crippen MR) is 70.7 cm³/mol. The number of benzene rings is 1. The summed E-state index contributed by atoms with van der Waals surface area (Å²) in [7, 11) is 0. The van der Waals surface area contributed by atoms with Crippen LogP contribution in [0.5, 0.6) is 0 Å². The third-order valence-corrected chi connectivity index (χ3v) is 2.75. The van der Waals surface area contributed by atoms with Crippen molar-refractivity contribution in [2.45, 2.75) is 25.9 Å². The lowest BCUT2D eigenvalue weighted by Crippen LogP contribution is -2.09. The number of nitrogens with zero attached hydrogens (tertiary/aromatic N) is 2. The molecule has 3 nitrogen and oxygen atoms in total. The van der Waals surface area contributed by atoms with Crippen LogP contribution in [0.1, 0.15) is 24.6 Å². The second-order valence-corrected chi connectivity index (χ2v) is 4.44. The monoisotopic (exact) mass is 299 g/mol. The van der Waals surface area contributed by atoms with E-state index >= 15 is 0 Å². The average molecular weight is 299 g/mol. The summed E-state index contributed by atoms with van der Waals surface area (Å²) in [5.74, 6) is -1.13. The van der Waals surface area contributed by atoms with Gasteiger partial charge in [-0.15, -0.1) is 0 Å². The Hall–Kier alpha value is -2.18. The predicted octanol–water partition coefficient (Wildman–Crippen LogP) is 4.33. The summed E-state index contributed by atoms with van der Waals surface area (Å²) in [5, 5.41) is 2.65. The maximum absolute atomic E-state index is 13.2. The number of hydrogen-bond donors (Lipinski definition) is 1. The molecule has 0 radical (unpaired) electrons. The number of alkyl halides is 3. The van der Waals surface area contributed by atoms with Gasteiger partial charge in [-0.1, -0.05) is 13.3 Å². The molecule has 0 atom stereocenters. The van der Waals surface area contributed by atoms with Crippen LogP contribution >= 0.6 is 0 Å². The second kappa shape index (κ2) is 6.07. The van der Waals surface area contributed by atoms with Crippen LogP contribution in [-0.4, -0.2) is 9.97 Å². The molecule has 2 aromatic rings. The molecule has 21 heavy (non-hydrogen) atoms. The highest BCUT2D eigenvalue weighted by Crippen LogP contribution is 2.33. The summed E-state index contributed by atoms with van der Waals surface area (Å²) in [6.07, 6.45) is -1.58. The number of aryl methyl sites for hydroxylation is 1. The molecule has 1 aromatic heterocycles. The number of hydrogen-bond acceptors (Lipinski definition) is 3. The van der Waals surface area contributed by atoms with Gasteiger partial charge in [0.1, 0.15) is 5.82 Å². The molecule has 7 heteroatoms. The fraction of sp³-hybridized carbons (Fsp3) is 0.286. The first kappa shape index (κ1) is 15.2. The molecule has 0 saturated carbocycles. The lowest BCUT2D eigenvalue weighted by atomic mass is 10.2. The SMILES string of the molecule is CCCc1ccnc(Nc2ccc(F)c(C(F)(F)F)c2)n1. The Bertz CT molecular complexity index is 626. The molecule has 0 aliphatic heterocycles. The van der Waals surface area contributed by atoms with E-state index in [2.05, 4.69) is 15.3 Å². The van der Waals surface area contributed by atoms with Crippen molar-refractivity contribution in [3.05, 3.63) is 47.5 Å². The van der Waals surface area contributed by atoms with E-state index in [1.54, 1.807) is 6.07 Å². The fourth-order valence-corrected chi connectivity index (χ4v) is 1.80. The van der Waals surface area contributed by atoms with Crippen LogP contribution in [0.3, 0.4) is 0 Å². The topological polar surface area (TPSA) is 37.8 Å². The molecule has 0 saturated heterocycles. The molecular formula is C14H13F4N3. The third-order valence-electron chi connectivity index (χ3n) is 2.75. The van der Waals surface area contributed by atoms with Gasteiger partial charge in [0.25, 0.3) is 0 Å². The summed E-state index contributed by atoms with van der Waals surface area (Å²) in [6.45, 7) is 1.99. The molecule has 0 spiro atoms. The van der Waals surface area contributed by atoms with E-state index in [0.717, 1.165) is 24.6 Å². The minimum absolute atomic E-state index is 0.0809. The molecule has 0 unspecified atom stereocenters. The van der Waals surface area contributed by atoms with Crippen molar-refractivity contribution in [1.82, 2.24) is 9.97 Å². The quantitative estimate of drug-likeness (QED) is 0.854. The van der Waals surface area contributed by atoms with Crippen LogP contribution < -0.4 is 5.32 Å². The molecule has 0 amide bonds. The zero-order valence-electron chi connectivity index (χ0n) is 11.2. The first-order chi connectivity index (χ1) is 9.90. The molecule has 0 aliphatic rings. The van der Waals surface area contributed by atoms with E-state index < -0.39 is 17.6 Å². The zero-order valence-corrected chi connectivity index (χ0v) is 11.2. The van der Waals surface area contributed by atoms with E-state index in [-0.39, 0.29) is 11.6 Å². The Labute approximate surface area is 119 Å². The summed E-state index contributed by atoms with van der Waals surface area (Å²) < 4.78 is 51.1. The van der Waals surface area contributed by atoms with Gasteiger partial charge in [0.15, 0.2) is 0 Å². The van der Waals surface area contributed by atoms with Crippen LogP contribution in [-0.2, 0) is 12.6 Å². The van der Waals surface area contributed by atoms with Gasteiger partial charge in [-0.25, -0.2) is 14.4 Å². The zero-order chi connectivity index (χ0) is 15.5. The van der Waals surface area contributed by atoms with Crippen LogP contribution in [0.25, 0.3) is 0 Å². The third kappa shape index (κ3) is 3.90. The minimum Gasteiger partial charge on any atom is -0.324 e. The Kier molecular flexibility index (Phi) is 4.40. The minimum atomic E-state index is -4.74. The highest BCUT2D eigenvalue weighted by atomic mass is 19.4. The molecule has 1 N–H and O–H groups in total. The fourth-order valence-electron chi connectivity index (χ4n) is 1.80. The Morgan fingerprint density at radius 3 is 2.62 bits per heavy atom. The Balaban J connectivity index is 2.26. The van der Waals surface area contributed by atoms with Crippen LogP contribution in [0.2, 0.25) is 0 Å². The Morgan fingerprint density at radius 2 is 1.95 bits per heavy atom. The van der Waals surface area contributed by atoms with Crippen LogP contribution in [0.15, 0.2) is 30.5 Å². The summed E-state index contributed by atoms with van der Waals surface area (Å²) in [5.41, 5.74) is -0.456. The van der Waals surface area contributed by atoms with Crippen LogP contribution in [0.4, 0.5) is 29.2 Å². The molecule has 1 heterocycles. The van der Waals surface area contributed by atoms with Crippen molar-refractivity contribution in [3.8, 4) is 0 Å². The van der Waals surface area contributed by atoms with Crippen molar-refractivity contribution in [2.75, 3.05) is 5.32 Å². The molecule has 1 aromatic carbocycles. The van der Waals surface area contributed by atoms with E-state index in [1.165, 1.54) is 12.3 Å². The number of nitrogens with one attached hydrogen (secondary N) is 1. The van der Waals surface area contributed by atoms with Crippen molar-refractivity contribution >= 4 is 11.6 Å². The largest absolute Gasteiger partial charge is 0.419 e. The van der Waals surface area contributed by atoms with Gasteiger partial charge < -0.3 is 5.32 Å². The highest BCUT2D eigenvalue weighted by molar-refractivity contribution is 5.55. The molecule has 0 bridgehead atoms. The van der Waals surface area contributed by atoms with E-state index in [4.69, 9.17) is 0 Å². The number of aromatic nitrogens is 2. The number of anilines is 2. The lowest BCUT2D eigenvalue weighted by molar-refractivity contribution is -0.139. The summed E-state index contributed by atoms with van der Waals surface area (Å²) in [4.78, 5) is 8.11. The van der Waals surface area contributed by atoms with Gasteiger partial charge in [-0.2, -0.15) is 13.2 Å². The number of halogens is 4. The normalized spacial score (nSPS) is 11.5. The molecule has 2 rings (SSSR count). The summed E-state index contributed by atoms with van der Waals surface area (Å²) in [6, 6.07) is 4.41. The summed E-state index contributed by atoms with van der Waals surface area (Å²) >= 11 is 0. The van der Waals surface area contributed by atoms with Crippen molar-refractivity contribution in [2.24, 2.45) is 0 Å². The van der Waals surface area contributed by atoms with E-state index in [9.17, 15) is 17.6 Å². The molecule has 112 valence electrons. The lowest BCUT2D eigenvalue weighted by Gasteiger charge is -2.11. The van der Waals surface area contributed by atoms with Crippen molar-refractivity contribution in [1.29, 1.82) is 0 Å².